The number of benzene rings is 1. The highest BCUT2D eigenvalue weighted by Gasteiger charge is 2.57. The summed E-state index contributed by atoms with van der Waals surface area (Å²) in [6.07, 6.45) is 7.87. The lowest BCUT2D eigenvalue weighted by atomic mass is 9.88. The van der Waals surface area contributed by atoms with Gasteiger partial charge in [0.2, 0.25) is 0 Å². The van der Waals surface area contributed by atoms with Gasteiger partial charge in [-0.2, -0.15) is 10.2 Å². The lowest BCUT2D eigenvalue weighted by Crippen LogP contribution is -2.35. The maximum Gasteiger partial charge on any atom is 0.132 e. The predicted molar refractivity (Wildman–Crippen MR) is 87.9 cm³/mol. The van der Waals surface area contributed by atoms with Gasteiger partial charge in [0.25, 0.3) is 0 Å². The van der Waals surface area contributed by atoms with Gasteiger partial charge in [0.15, 0.2) is 0 Å². The third kappa shape index (κ3) is 1.59. The summed E-state index contributed by atoms with van der Waals surface area (Å²) in [5, 5.41) is 8.94. The van der Waals surface area contributed by atoms with Gasteiger partial charge in [-0.05, 0) is 48.4 Å². The lowest BCUT2D eigenvalue weighted by Gasteiger charge is -2.31. The van der Waals surface area contributed by atoms with Crippen LogP contribution in [-0.4, -0.2) is 19.7 Å². The summed E-state index contributed by atoms with van der Waals surface area (Å²) in [6.45, 7) is 2.28. The van der Waals surface area contributed by atoms with E-state index in [4.69, 9.17) is 0 Å². The Labute approximate surface area is 139 Å². The summed E-state index contributed by atoms with van der Waals surface area (Å²) in [7, 11) is 0. The van der Waals surface area contributed by atoms with E-state index in [1.807, 2.05) is 30.9 Å². The van der Waals surface area contributed by atoms with Gasteiger partial charge in [-0.25, -0.2) is 9.37 Å². The summed E-state index contributed by atoms with van der Waals surface area (Å²) in [5.41, 5.74) is 3.23. The Kier molecular flexibility index (Phi) is 2.72. The molecule has 2 heterocycles. The highest BCUT2D eigenvalue weighted by Crippen LogP contribution is 2.60. The molecule has 0 amide bonds. The first kappa shape index (κ1) is 13.8. The van der Waals surface area contributed by atoms with E-state index in [1.165, 1.54) is 11.6 Å². The number of hydrogen-bond donors (Lipinski definition) is 0. The molecule has 1 saturated carbocycles. The van der Waals surface area contributed by atoms with Gasteiger partial charge in [-0.3, -0.25) is 0 Å². The Morgan fingerprint density at radius 3 is 2.92 bits per heavy atom. The smallest absolute Gasteiger partial charge is 0.132 e. The zero-order valence-electron chi connectivity index (χ0n) is 13.4. The number of hydrogen-bond acceptors (Lipinski definition) is 3. The first-order valence-corrected chi connectivity index (χ1v) is 8.33. The SMILES string of the molecule is CC1C2CCC1(n1ccnc1)c1nnc(-c3ccccc3F)cc12. The van der Waals surface area contributed by atoms with E-state index in [9.17, 15) is 4.39 Å². The van der Waals surface area contributed by atoms with E-state index in [2.05, 4.69) is 26.7 Å². The van der Waals surface area contributed by atoms with Crippen LogP contribution in [0.4, 0.5) is 4.39 Å². The summed E-state index contributed by atoms with van der Waals surface area (Å²) in [5.74, 6) is 0.627. The van der Waals surface area contributed by atoms with Gasteiger partial charge in [0.05, 0.1) is 23.3 Å². The molecule has 5 heteroatoms. The maximum absolute atomic E-state index is 14.1. The second kappa shape index (κ2) is 4.72. The molecule has 1 aromatic carbocycles. The van der Waals surface area contributed by atoms with Crippen LogP contribution in [0.1, 0.15) is 36.9 Å². The molecule has 0 aliphatic heterocycles. The molecule has 0 spiro atoms. The van der Waals surface area contributed by atoms with Crippen molar-refractivity contribution in [2.24, 2.45) is 5.92 Å². The second-order valence-electron chi connectivity index (χ2n) is 6.84. The summed E-state index contributed by atoms with van der Waals surface area (Å²) in [4.78, 5) is 4.23. The Bertz CT molecular complexity index is 921. The minimum absolute atomic E-state index is 0.155. The number of rotatable bonds is 2. The highest BCUT2D eigenvalue weighted by atomic mass is 19.1. The van der Waals surface area contributed by atoms with Crippen LogP contribution in [0.5, 0.6) is 0 Å². The molecule has 1 fully saturated rings. The minimum atomic E-state index is -0.257. The van der Waals surface area contributed by atoms with Gasteiger partial charge in [-0.1, -0.05) is 19.1 Å². The normalized spacial score (nSPS) is 27.4. The molecule has 2 bridgehead atoms. The van der Waals surface area contributed by atoms with Crippen molar-refractivity contribution in [3.8, 4) is 11.3 Å². The van der Waals surface area contributed by atoms with E-state index in [-0.39, 0.29) is 11.4 Å². The van der Waals surface area contributed by atoms with Crippen molar-refractivity contribution in [1.82, 2.24) is 19.7 Å². The molecule has 3 atom stereocenters. The first-order chi connectivity index (χ1) is 11.7. The van der Waals surface area contributed by atoms with Crippen molar-refractivity contribution >= 4 is 0 Å². The number of halogens is 1. The molecular weight excluding hydrogens is 303 g/mol. The van der Waals surface area contributed by atoms with Gasteiger partial charge >= 0.3 is 0 Å². The molecule has 3 unspecified atom stereocenters. The fourth-order valence-electron chi connectivity index (χ4n) is 4.75. The molecule has 0 N–H and O–H groups in total. The second-order valence-corrected chi connectivity index (χ2v) is 6.84. The van der Waals surface area contributed by atoms with Crippen molar-refractivity contribution in [1.29, 1.82) is 0 Å². The van der Waals surface area contributed by atoms with Crippen LogP contribution in [-0.2, 0) is 5.54 Å². The predicted octanol–water partition coefficient (Wildman–Crippen LogP) is 3.75. The zero-order chi connectivity index (χ0) is 16.3. The van der Waals surface area contributed by atoms with Crippen LogP contribution >= 0.6 is 0 Å². The molecule has 2 aromatic heterocycles. The van der Waals surface area contributed by atoms with Crippen LogP contribution in [0.2, 0.25) is 0 Å². The minimum Gasteiger partial charge on any atom is -0.325 e. The van der Waals surface area contributed by atoms with E-state index in [1.54, 1.807) is 12.1 Å². The number of imidazole rings is 1. The molecule has 3 aromatic rings. The van der Waals surface area contributed by atoms with Crippen molar-refractivity contribution in [2.75, 3.05) is 0 Å². The molecule has 5 rings (SSSR count). The third-order valence-electron chi connectivity index (χ3n) is 5.94. The van der Waals surface area contributed by atoms with Crippen LogP contribution in [0.3, 0.4) is 0 Å². The molecule has 0 saturated heterocycles. The zero-order valence-corrected chi connectivity index (χ0v) is 13.4. The molecule has 0 radical (unpaired) electrons. The van der Waals surface area contributed by atoms with Crippen LogP contribution in [0.15, 0.2) is 49.1 Å². The van der Waals surface area contributed by atoms with Crippen LogP contribution in [0, 0.1) is 11.7 Å². The summed E-state index contributed by atoms with van der Waals surface area (Å²) < 4.78 is 16.3. The van der Waals surface area contributed by atoms with Gasteiger partial charge < -0.3 is 4.57 Å². The van der Waals surface area contributed by atoms with E-state index >= 15 is 0 Å². The molecule has 2 aliphatic carbocycles. The number of fused-ring (bicyclic) bond motifs is 5. The maximum atomic E-state index is 14.1. The number of nitrogens with zero attached hydrogens (tertiary/aromatic N) is 4. The van der Waals surface area contributed by atoms with Crippen LogP contribution < -0.4 is 0 Å². The first-order valence-electron chi connectivity index (χ1n) is 8.33. The van der Waals surface area contributed by atoms with Gasteiger partial charge in [0.1, 0.15) is 5.82 Å². The quantitative estimate of drug-likeness (QED) is 0.722. The van der Waals surface area contributed by atoms with E-state index < -0.39 is 0 Å². The fraction of sp³-hybridized carbons (Fsp3) is 0.316. The Hall–Kier alpha value is -2.56. The Morgan fingerprint density at radius 1 is 1.25 bits per heavy atom. The van der Waals surface area contributed by atoms with E-state index in [0.29, 0.717) is 23.1 Å². The Balaban J connectivity index is 1.70. The topological polar surface area (TPSA) is 43.6 Å². The third-order valence-corrected chi connectivity index (χ3v) is 5.94. The van der Waals surface area contributed by atoms with Crippen LogP contribution in [0.25, 0.3) is 11.3 Å². The highest BCUT2D eigenvalue weighted by molar-refractivity contribution is 5.62. The van der Waals surface area contributed by atoms with Gasteiger partial charge in [-0.15, -0.1) is 0 Å². The standard InChI is InChI=1S/C19H17FN4/c1-12-13-6-7-19(12,24-9-8-21-11-24)18-15(13)10-17(22-23-18)14-4-2-3-5-16(14)20/h2-5,8-13H,6-7H2,1H3. The average molecular weight is 320 g/mol. The summed E-state index contributed by atoms with van der Waals surface area (Å²) >= 11 is 0. The lowest BCUT2D eigenvalue weighted by molar-refractivity contribution is 0.282. The monoisotopic (exact) mass is 320 g/mol. The van der Waals surface area contributed by atoms with Crippen molar-refractivity contribution in [3.05, 3.63) is 66.1 Å². The van der Waals surface area contributed by atoms with Crippen molar-refractivity contribution in [2.45, 2.75) is 31.2 Å². The molecule has 120 valence electrons. The van der Waals surface area contributed by atoms with Gasteiger partial charge in [0, 0.05) is 18.0 Å². The molecule has 24 heavy (non-hydrogen) atoms. The Morgan fingerprint density at radius 2 is 2.12 bits per heavy atom. The average Bonchev–Trinajstić information content (AvgIpc) is 3.29. The molecule has 4 nitrogen and oxygen atoms in total. The molecular formula is C19H17FN4. The van der Waals surface area contributed by atoms with E-state index in [0.717, 1.165) is 18.5 Å². The number of aromatic nitrogens is 4. The van der Waals surface area contributed by atoms with Crippen molar-refractivity contribution in [3.63, 3.8) is 0 Å². The largest absolute Gasteiger partial charge is 0.325 e. The fourth-order valence-corrected chi connectivity index (χ4v) is 4.75. The summed E-state index contributed by atoms with van der Waals surface area (Å²) in [6, 6.07) is 8.78. The molecule has 2 aliphatic rings. The van der Waals surface area contributed by atoms with Crippen molar-refractivity contribution < 1.29 is 4.39 Å².